The predicted octanol–water partition coefficient (Wildman–Crippen LogP) is 6.23. The molecule has 0 saturated carbocycles. The molecule has 0 amide bonds. The number of benzene rings is 2. The highest BCUT2D eigenvalue weighted by molar-refractivity contribution is 9.10. The summed E-state index contributed by atoms with van der Waals surface area (Å²) < 4.78 is 21.5. The Morgan fingerprint density at radius 1 is 1.17 bits per heavy atom. The van der Waals surface area contributed by atoms with Crippen LogP contribution in [0.4, 0.5) is 10.1 Å². The maximum Gasteiger partial charge on any atom is 0.247 e. The second kappa shape index (κ2) is 9.09. The third-order valence-corrected chi connectivity index (χ3v) is 5.97. The van der Waals surface area contributed by atoms with Gasteiger partial charge < -0.3 is 10.1 Å². The molecule has 0 spiro atoms. The van der Waals surface area contributed by atoms with E-state index in [-0.39, 0.29) is 5.82 Å². The van der Waals surface area contributed by atoms with E-state index in [0.29, 0.717) is 22.3 Å². The second-order valence-electron chi connectivity index (χ2n) is 6.66. The zero-order valence-electron chi connectivity index (χ0n) is 15.9. The van der Waals surface area contributed by atoms with E-state index >= 15 is 0 Å². The van der Waals surface area contributed by atoms with Crippen molar-refractivity contribution in [3.63, 3.8) is 0 Å². The molecule has 1 N–H and O–H groups in total. The van der Waals surface area contributed by atoms with Crippen LogP contribution in [0.1, 0.15) is 38.0 Å². The Labute approximate surface area is 181 Å². The Bertz CT molecular complexity index is 1020. The fraction of sp³-hybridized carbons (Fsp3) is 0.286. The lowest BCUT2D eigenvalue weighted by Crippen LogP contribution is -2.18. The minimum absolute atomic E-state index is 0.343. The number of ether oxygens (including phenoxy) is 1. The summed E-state index contributed by atoms with van der Waals surface area (Å²) in [7, 11) is 0. The molecule has 0 bridgehead atoms. The number of halogens is 2. The fourth-order valence-corrected chi connectivity index (χ4v) is 4.21. The molecule has 2 aromatic carbocycles. The maximum absolute atomic E-state index is 14.5. The van der Waals surface area contributed by atoms with Crippen LogP contribution in [0.5, 0.6) is 5.88 Å². The molecule has 1 unspecified atom stereocenters. The molecule has 1 atom stereocenters. The molecule has 8 heteroatoms. The van der Waals surface area contributed by atoms with E-state index in [9.17, 15) is 4.39 Å². The smallest absolute Gasteiger partial charge is 0.247 e. The largest absolute Gasteiger partial charge is 0.448 e. The number of unbranched alkanes of at least 4 members (excludes halogenated alkanes) is 2. The van der Waals surface area contributed by atoms with Crippen molar-refractivity contribution in [2.75, 3.05) is 11.1 Å². The summed E-state index contributed by atoms with van der Waals surface area (Å²) in [5.74, 6) is 0.921. The van der Waals surface area contributed by atoms with E-state index < -0.39 is 6.23 Å². The highest BCUT2D eigenvalue weighted by Gasteiger charge is 2.27. The van der Waals surface area contributed by atoms with Crippen LogP contribution in [0, 0.1) is 5.82 Å². The molecule has 29 heavy (non-hydrogen) atoms. The van der Waals surface area contributed by atoms with Gasteiger partial charge in [-0.1, -0.05) is 65.7 Å². The van der Waals surface area contributed by atoms with Crippen LogP contribution in [0.3, 0.4) is 0 Å². The van der Waals surface area contributed by atoms with Gasteiger partial charge in [0, 0.05) is 27.0 Å². The minimum atomic E-state index is -0.730. The molecule has 2 heterocycles. The summed E-state index contributed by atoms with van der Waals surface area (Å²) in [5, 5.41) is 12.5. The van der Waals surface area contributed by atoms with Crippen molar-refractivity contribution in [3.8, 4) is 17.1 Å². The molecule has 0 radical (unpaired) electrons. The zero-order chi connectivity index (χ0) is 20.2. The number of nitrogens with one attached hydrogen (secondary N) is 1. The maximum atomic E-state index is 14.5. The van der Waals surface area contributed by atoms with Gasteiger partial charge in [0.2, 0.25) is 17.3 Å². The SMILES string of the molecule is CCCCCSc1nnc2c(n1)OC(c1ccccc1F)Nc1ccc(Br)cc1-2. The monoisotopic (exact) mass is 474 g/mol. The normalized spacial score (nSPS) is 14.9. The van der Waals surface area contributed by atoms with Gasteiger partial charge in [0.15, 0.2) is 5.69 Å². The summed E-state index contributed by atoms with van der Waals surface area (Å²) in [6.45, 7) is 2.17. The first-order valence-electron chi connectivity index (χ1n) is 9.50. The van der Waals surface area contributed by atoms with Gasteiger partial charge in [-0.05, 0) is 30.7 Å². The average Bonchev–Trinajstić information content (AvgIpc) is 2.88. The van der Waals surface area contributed by atoms with Crippen molar-refractivity contribution >= 4 is 33.4 Å². The van der Waals surface area contributed by atoms with E-state index in [1.807, 2.05) is 18.2 Å². The van der Waals surface area contributed by atoms with E-state index in [4.69, 9.17) is 4.74 Å². The number of fused-ring (bicyclic) bond motifs is 3. The van der Waals surface area contributed by atoms with Gasteiger partial charge in [0.1, 0.15) is 5.82 Å². The van der Waals surface area contributed by atoms with E-state index in [2.05, 4.69) is 43.4 Å². The molecule has 3 aromatic rings. The van der Waals surface area contributed by atoms with Crippen molar-refractivity contribution in [3.05, 3.63) is 58.3 Å². The first-order valence-corrected chi connectivity index (χ1v) is 11.3. The molecule has 0 fully saturated rings. The Hall–Kier alpha value is -2.19. The fourth-order valence-electron chi connectivity index (χ4n) is 3.08. The van der Waals surface area contributed by atoms with Crippen molar-refractivity contribution in [1.82, 2.24) is 15.2 Å². The van der Waals surface area contributed by atoms with Crippen molar-refractivity contribution in [1.29, 1.82) is 0 Å². The third-order valence-electron chi connectivity index (χ3n) is 4.55. The number of rotatable bonds is 6. The summed E-state index contributed by atoms with van der Waals surface area (Å²) in [6.07, 6.45) is 2.70. The van der Waals surface area contributed by atoms with Crippen LogP contribution in [-0.2, 0) is 0 Å². The highest BCUT2D eigenvalue weighted by atomic mass is 79.9. The molecular weight excluding hydrogens is 455 g/mol. The molecule has 0 aliphatic carbocycles. The second-order valence-corrected chi connectivity index (χ2v) is 8.64. The van der Waals surface area contributed by atoms with Crippen molar-refractivity contribution in [2.45, 2.75) is 37.6 Å². The van der Waals surface area contributed by atoms with Gasteiger partial charge in [0.05, 0.1) is 0 Å². The first-order chi connectivity index (χ1) is 14.2. The van der Waals surface area contributed by atoms with Gasteiger partial charge in [-0.25, -0.2) is 4.39 Å². The van der Waals surface area contributed by atoms with E-state index in [1.54, 1.807) is 30.0 Å². The van der Waals surface area contributed by atoms with E-state index in [1.165, 1.54) is 12.5 Å². The Morgan fingerprint density at radius 3 is 2.86 bits per heavy atom. The Kier molecular flexibility index (Phi) is 6.30. The summed E-state index contributed by atoms with van der Waals surface area (Å²) >= 11 is 5.06. The Balaban J connectivity index is 1.73. The van der Waals surface area contributed by atoms with Crippen LogP contribution in [0.15, 0.2) is 52.1 Å². The number of nitrogens with zero attached hydrogens (tertiary/aromatic N) is 3. The van der Waals surface area contributed by atoms with Crippen molar-refractivity contribution in [2.24, 2.45) is 0 Å². The number of aromatic nitrogens is 3. The van der Waals surface area contributed by atoms with Gasteiger partial charge in [-0.3, -0.25) is 0 Å². The van der Waals surface area contributed by atoms with Gasteiger partial charge in [0.25, 0.3) is 0 Å². The zero-order valence-corrected chi connectivity index (χ0v) is 18.3. The average molecular weight is 475 g/mol. The van der Waals surface area contributed by atoms with Crippen LogP contribution >= 0.6 is 27.7 Å². The number of thioether (sulfide) groups is 1. The van der Waals surface area contributed by atoms with Gasteiger partial charge in [-0.15, -0.1) is 10.2 Å². The summed E-state index contributed by atoms with van der Waals surface area (Å²) in [5.41, 5.74) is 2.52. The predicted molar refractivity (Wildman–Crippen MR) is 117 cm³/mol. The third kappa shape index (κ3) is 4.53. The van der Waals surface area contributed by atoms with Crippen LogP contribution < -0.4 is 10.1 Å². The molecule has 4 rings (SSSR count). The molecule has 1 aromatic heterocycles. The Morgan fingerprint density at radius 2 is 2.03 bits per heavy atom. The lowest BCUT2D eigenvalue weighted by molar-refractivity contribution is 0.220. The van der Waals surface area contributed by atoms with Gasteiger partial charge >= 0.3 is 0 Å². The van der Waals surface area contributed by atoms with Gasteiger partial charge in [-0.2, -0.15) is 4.98 Å². The van der Waals surface area contributed by atoms with Crippen LogP contribution in [-0.4, -0.2) is 20.9 Å². The summed E-state index contributed by atoms with van der Waals surface area (Å²) in [4.78, 5) is 4.59. The molecule has 1 aliphatic rings. The van der Waals surface area contributed by atoms with Crippen LogP contribution in [0.2, 0.25) is 0 Å². The lowest BCUT2D eigenvalue weighted by atomic mass is 10.1. The summed E-state index contributed by atoms with van der Waals surface area (Å²) in [6, 6.07) is 12.3. The number of anilines is 1. The number of hydrogen-bond acceptors (Lipinski definition) is 6. The molecule has 5 nitrogen and oxygen atoms in total. The molecule has 0 saturated heterocycles. The van der Waals surface area contributed by atoms with E-state index in [0.717, 1.165) is 34.3 Å². The minimum Gasteiger partial charge on any atom is -0.448 e. The van der Waals surface area contributed by atoms with Crippen LogP contribution in [0.25, 0.3) is 11.3 Å². The highest BCUT2D eigenvalue weighted by Crippen LogP contribution is 2.41. The lowest BCUT2D eigenvalue weighted by Gasteiger charge is -2.19. The topological polar surface area (TPSA) is 59.9 Å². The molecule has 150 valence electrons. The standard InChI is InChI=1S/C21H20BrFN4OS/c1-2-3-6-11-29-21-25-20-18(26-27-21)15-12-13(22)9-10-17(15)24-19(28-20)14-7-4-5-8-16(14)23/h4-5,7-10,12,19,24H,2-3,6,11H2,1H3. The molecular formula is C21H20BrFN4OS. The van der Waals surface area contributed by atoms with Crippen molar-refractivity contribution < 1.29 is 9.13 Å². The number of hydrogen-bond donors (Lipinski definition) is 1. The molecule has 1 aliphatic heterocycles. The first kappa shape index (κ1) is 20.1. The quantitative estimate of drug-likeness (QED) is 0.337.